The summed E-state index contributed by atoms with van der Waals surface area (Å²) < 4.78 is 5.02. The van der Waals surface area contributed by atoms with Gasteiger partial charge in [0.2, 0.25) is 0 Å². The molecule has 0 aromatic carbocycles. The largest absolute Gasteiger partial charge is 0.464 e. The van der Waals surface area contributed by atoms with Crippen LogP contribution < -0.4 is 0 Å². The van der Waals surface area contributed by atoms with Crippen LogP contribution in [0.5, 0.6) is 0 Å². The summed E-state index contributed by atoms with van der Waals surface area (Å²) in [5.74, 6) is -0.154. The number of unbranched alkanes of at least 4 members (excludes halogenated alkanes) is 5. The summed E-state index contributed by atoms with van der Waals surface area (Å²) in [6.45, 7) is 6.59. The lowest BCUT2D eigenvalue weighted by Crippen LogP contribution is -2.25. The molecule has 0 saturated heterocycles. The van der Waals surface area contributed by atoms with Gasteiger partial charge in [0.05, 0.1) is 6.61 Å². The van der Waals surface area contributed by atoms with Crippen molar-refractivity contribution >= 4 is 5.97 Å². The maximum atomic E-state index is 11.3. The second kappa shape index (κ2) is 10.6. The first-order valence-corrected chi connectivity index (χ1v) is 6.92. The molecule has 0 spiro atoms. The Kier molecular flexibility index (Phi) is 10.2. The fourth-order valence-electron chi connectivity index (χ4n) is 1.69. The Labute approximate surface area is 106 Å². The number of hydrogen-bond donors (Lipinski definition) is 1. The maximum absolute atomic E-state index is 11.3. The molecule has 3 heteroatoms. The predicted molar refractivity (Wildman–Crippen MR) is 69.8 cm³/mol. The number of ether oxygens (including phenoxy) is 1. The van der Waals surface area contributed by atoms with E-state index in [0.717, 1.165) is 12.8 Å². The molecular weight excluding hydrogens is 216 g/mol. The lowest BCUT2D eigenvalue weighted by molar-refractivity contribution is -0.154. The van der Waals surface area contributed by atoms with Crippen molar-refractivity contribution < 1.29 is 14.6 Å². The van der Waals surface area contributed by atoms with Crippen LogP contribution in [0.1, 0.15) is 65.7 Å². The van der Waals surface area contributed by atoms with Gasteiger partial charge in [-0.25, -0.2) is 4.79 Å². The van der Waals surface area contributed by atoms with Gasteiger partial charge in [-0.05, 0) is 18.8 Å². The first kappa shape index (κ1) is 16.4. The van der Waals surface area contributed by atoms with Gasteiger partial charge in [-0.15, -0.1) is 0 Å². The summed E-state index contributed by atoms with van der Waals surface area (Å²) in [6.07, 6.45) is 6.55. The van der Waals surface area contributed by atoms with E-state index in [1.54, 1.807) is 0 Å². The molecule has 1 unspecified atom stereocenters. The van der Waals surface area contributed by atoms with Crippen molar-refractivity contribution in [2.24, 2.45) is 5.92 Å². The Hall–Kier alpha value is -0.570. The summed E-state index contributed by atoms with van der Waals surface area (Å²) in [5, 5.41) is 9.49. The Morgan fingerprint density at radius 1 is 1.12 bits per heavy atom. The zero-order valence-corrected chi connectivity index (χ0v) is 11.6. The van der Waals surface area contributed by atoms with Gasteiger partial charge in [-0.3, -0.25) is 0 Å². The molecule has 0 rings (SSSR count). The average molecular weight is 244 g/mol. The summed E-state index contributed by atoms with van der Waals surface area (Å²) in [5.41, 5.74) is 0. The first-order chi connectivity index (χ1) is 8.07. The molecule has 0 fully saturated rings. The van der Waals surface area contributed by atoms with Gasteiger partial charge in [0.25, 0.3) is 0 Å². The molecule has 0 amide bonds. The molecule has 102 valence electrons. The standard InChI is InChI=1S/C14H28O3/c1-4-5-6-7-8-9-10-17-14(16)13(15)11-12(2)3/h12-13,15H,4-11H2,1-3H3. The Morgan fingerprint density at radius 2 is 1.71 bits per heavy atom. The van der Waals surface area contributed by atoms with Crippen LogP contribution in [0.4, 0.5) is 0 Å². The van der Waals surface area contributed by atoms with Gasteiger partial charge in [-0.1, -0.05) is 52.9 Å². The van der Waals surface area contributed by atoms with E-state index in [2.05, 4.69) is 6.92 Å². The monoisotopic (exact) mass is 244 g/mol. The number of rotatable bonds is 10. The fraction of sp³-hybridized carbons (Fsp3) is 0.929. The van der Waals surface area contributed by atoms with Crippen LogP contribution >= 0.6 is 0 Å². The van der Waals surface area contributed by atoms with Crippen molar-refractivity contribution in [3.05, 3.63) is 0 Å². The molecular formula is C14H28O3. The average Bonchev–Trinajstić information content (AvgIpc) is 2.26. The Balaban J connectivity index is 3.38. The summed E-state index contributed by atoms with van der Waals surface area (Å²) in [4.78, 5) is 11.3. The third-order valence-corrected chi connectivity index (χ3v) is 2.71. The highest BCUT2D eigenvalue weighted by atomic mass is 16.5. The van der Waals surface area contributed by atoms with E-state index in [1.807, 2.05) is 13.8 Å². The second-order valence-electron chi connectivity index (χ2n) is 5.08. The number of aliphatic hydroxyl groups is 1. The Bertz CT molecular complexity index is 190. The van der Waals surface area contributed by atoms with E-state index in [0.29, 0.717) is 18.9 Å². The fourth-order valence-corrected chi connectivity index (χ4v) is 1.69. The van der Waals surface area contributed by atoms with Crippen molar-refractivity contribution in [3.63, 3.8) is 0 Å². The van der Waals surface area contributed by atoms with E-state index in [4.69, 9.17) is 4.74 Å². The molecule has 0 aliphatic rings. The number of esters is 1. The smallest absolute Gasteiger partial charge is 0.334 e. The van der Waals surface area contributed by atoms with Crippen LogP contribution in [0, 0.1) is 5.92 Å². The zero-order chi connectivity index (χ0) is 13.1. The van der Waals surface area contributed by atoms with E-state index in [9.17, 15) is 9.90 Å². The molecule has 0 bridgehead atoms. The van der Waals surface area contributed by atoms with Crippen molar-refractivity contribution in [2.75, 3.05) is 6.61 Å². The van der Waals surface area contributed by atoms with Crippen LogP contribution in [0.3, 0.4) is 0 Å². The van der Waals surface area contributed by atoms with E-state index in [-0.39, 0.29) is 0 Å². The molecule has 0 heterocycles. The second-order valence-corrected chi connectivity index (χ2v) is 5.08. The molecule has 1 N–H and O–H groups in total. The van der Waals surface area contributed by atoms with Crippen molar-refractivity contribution in [2.45, 2.75) is 71.8 Å². The van der Waals surface area contributed by atoms with Gasteiger partial charge in [0.15, 0.2) is 6.10 Å². The van der Waals surface area contributed by atoms with Crippen molar-refractivity contribution in [1.29, 1.82) is 0 Å². The van der Waals surface area contributed by atoms with E-state index in [1.165, 1.54) is 25.7 Å². The number of carbonyl (C=O) groups excluding carboxylic acids is 1. The van der Waals surface area contributed by atoms with Crippen molar-refractivity contribution in [1.82, 2.24) is 0 Å². The number of carbonyl (C=O) groups is 1. The van der Waals surface area contributed by atoms with Crippen LogP contribution in [-0.2, 0) is 9.53 Å². The molecule has 0 aromatic heterocycles. The highest BCUT2D eigenvalue weighted by molar-refractivity contribution is 5.74. The Morgan fingerprint density at radius 3 is 2.29 bits per heavy atom. The van der Waals surface area contributed by atoms with Gasteiger partial charge in [0, 0.05) is 0 Å². The van der Waals surface area contributed by atoms with Gasteiger partial charge >= 0.3 is 5.97 Å². The summed E-state index contributed by atoms with van der Waals surface area (Å²) in [7, 11) is 0. The summed E-state index contributed by atoms with van der Waals surface area (Å²) >= 11 is 0. The molecule has 17 heavy (non-hydrogen) atoms. The van der Waals surface area contributed by atoms with E-state index >= 15 is 0 Å². The molecule has 0 aromatic rings. The molecule has 0 aliphatic heterocycles. The third kappa shape index (κ3) is 10.3. The van der Waals surface area contributed by atoms with Crippen LogP contribution in [0.25, 0.3) is 0 Å². The molecule has 0 aliphatic carbocycles. The lowest BCUT2D eigenvalue weighted by atomic mass is 10.1. The maximum Gasteiger partial charge on any atom is 0.334 e. The highest BCUT2D eigenvalue weighted by Gasteiger charge is 2.17. The van der Waals surface area contributed by atoms with E-state index < -0.39 is 12.1 Å². The van der Waals surface area contributed by atoms with Gasteiger partial charge in [0.1, 0.15) is 0 Å². The minimum atomic E-state index is -0.949. The summed E-state index contributed by atoms with van der Waals surface area (Å²) in [6, 6.07) is 0. The molecule has 3 nitrogen and oxygen atoms in total. The minimum absolute atomic E-state index is 0.312. The highest BCUT2D eigenvalue weighted by Crippen LogP contribution is 2.08. The van der Waals surface area contributed by atoms with Crippen molar-refractivity contribution in [3.8, 4) is 0 Å². The quantitative estimate of drug-likeness (QED) is 0.474. The predicted octanol–water partition coefficient (Wildman–Crippen LogP) is 3.30. The lowest BCUT2D eigenvalue weighted by Gasteiger charge is -2.12. The van der Waals surface area contributed by atoms with Gasteiger partial charge in [-0.2, -0.15) is 0 Å². The minimum Gasteiger partial charge on any atom is -0.464 e. The number of hydrogen-bond acceptors (Lipinski definition) is 3. The van der Waals surface area contributed by atoms with Crippen LogP contribution in [-0.4, -0.2) is 23.8 Å². The normalized spacial score (nSPS) is 12.8. The molecule has 0 radical (unpaired) electrons. The van der Waals surface area contributed by atoms with Crippen LogP contribution in [0.2, 0.25) is 0 Å². The molecule has 0 saturated carbocycles. The third-order valence-electron chi connectivity index (χ3n) is 2.71. The number of aliphatic hydroxyl groups excluding tert-OH is 1. The zero-order valence-electron chi connectivity index (χ0n) is 11.6. The molecule has 1 atom stereocenters. The SMILES string of the molecule is CCCCCCCCOC(=O)C(O)CC(C)C. The van der Waals surface area contributed by atoms with Gasteiger partial charge < -0.3 is 9.84 Å². The first-order valence-electron chi connectivity index (χ1n) is 6.92. The van der Waals surface area contributed by atoms with Crippen LogP contribution in [0.15, 0.2) is 0 Å². The topological polar surface area (TPSA) is 46.5 Å².